The molecular formula is C12H14ClNO3S. The van der Waals surface area contributed by atoms with Crippen molar-refractivity contribution in [1.29, 1.82) is 0 Å². The Hall–Kier alpha value is -1.20. The van der Waals surface area contributed by atoms with Crippen molar-refractivity contribution in [3.05, 3.63) is 34.9 Å². The zero-order valence-electron chi connectivity index (χ0n) is 9.85. The number of carboxylic acids is 1. The van der Waals surface area contributed by atoms with Crippen molar-refractivity contribution in [1.82, 2.24) is 5.32 Å². The van der Waals surface area contributed by atoms with E-state index in [1.165, 1.54) is 18.7 Å². The molecule has 0 radical (unpaired) electrons. The van der Waals surface area contributed by atoms with E-state index in [-0.39, 0.29) is 11.7 Å². The van der Waals surface area contributed by atoms with Gasteiger partial charge in [-0.05, 0) is 24.6 Å². The Morgan fingerprint density at radius 2 is 2.00 bits per heavy atom. The van der Waals surface area contributed by atoms with Gasteiger partial charge in [0.25, 0.3) is 0 Å². The van der Waals surface area contributed by atoms with Crippen LogP contribution in [-0.2, 0) is 15.3 Å². The molecule has 0 aliphatic carbocycles. The maximum atomic E-state index is 11.4. The number of rotatable bonds is 6. The molecule has 6 heteroatoms. The van der Waals surface area contributed by atoms with E-state index in [9.17, 15) is 9.59 Å². The Morgan fingerprint density at radius 3 is 2.56 bits per heavy atom. The Balaban J connectivity index is 2.27. The average Bonchev–Trinajstić information content (AvgIpc) is 2.31. The van der Waals surface area contributed by atoms with Gasteiger partial charge in [0.2, 0.25) is 5.91 Å². The molecule has 1 amide bonds. The van der Waals surface area contributed by atoms with Crippen LogP contribution < -0.4 is 5.32 Å². The molecule has 98 valence electrons. The molecular weight excluding hydrogens is 274 g/mol. The second kappa shape index (κ2) is 7.28. The highest BCUT2D eigenvalue weighted by Gasteiger charge is 2.13. The number of carbonyl (C=O) groups excluding carboxylic acids is 1. The van der Waals surface area contributed by atoms with Gasteiger partial charge in [0, 0.05) is 10.8 Å². The molecule has 0 fully saturated rings. The normalized spacial score (nSPS) is 11.9. The van der Waals surface area contributed by atoms with Gasteiger partial charge in [0.1, 0.15) is 6.04 Å². The maximum Gasteiger partial charge on any atom is 0.325 e. The fourth-order valence-corrected chi connectivity index (χ4v) is 2.11. The zero-order chi connectivity index (χ0) is 13.5. The molecule has 0 aliphatic heterocycles. The maximum absolute atomic E-state index is 11.4. The van der Waals surface area contributed by atoms with Gasteiger partial charge >= 0.3 is 5.97 Å². The van der Waals surface area contributed by atoms with E-state index in [4.69, 9.17) is 16.7 Å². The third kappa shape index (κ3) is 5.42. The van der Waals surface area contributed by atoms with Gasteiger partial charge in [0.15, 0.2) is 0 Å². The summed E-state index contributed by atoms with van der Waals surface area (Å²) in [6.45, 7) is 1.43. The molecule has 0 heterocycles. The molecule has 1 atom stereocenters. The molecule has 0 saturated carbocycles. The largest absolute Gasteiger partial charge is 0.480 e. The predicted octanol–water partition coefficient (Wildman–Crippen LogP) is 2.16. The van der Waals surface area contributed by atoms with E-state index >= 15 is 0 Å². The number of aliphatic carboxylic acids is 1. The van der Waals surface area contributed by atoms with E-state index in [2.05, 4.69) is 5.32 Å². The van der Waals surface area contributed by atoms with E-state index in [1.54, 1.807) is 12.1 Å². The highest BCUT2D eigenvalue weighted by atomic mass is 35.5. The minimum Gasteiger partial charge on any atom is -0.480 e. The highest BCUT2D eigenvalue weighted by Crippen LogP contribution is 2.15. The number of nitrogens with one attached hydrogen (secondary N) is 1. The van der Waals surface area contributed by atoms with Gasteiger partial charge in [-0.15, -0.1) is 11.8 Å². The zero-order valence-corrected chi connectivity index (χ0v) is 11.4. The summed E-state index contributed by atoms with van der Waals surface area (Å²) in [4.78, 5) is 21.9. The Labute approximate surface area is 115 Å². The third-order valence-electron chi connectivity index (χ3n) is 2.16. The van der Waals surface area contributed by atoms with Crippen molar-refractivity contribution in [2.24, 2.45) is 0 Å². The van der Waals surface area contributed by atoms with Crippen molar-refractivity contribution in [2.45, 2.75) is 18.7 Å². The first kappa shape index (κ1) is 14.9. The summed E-state index contributed by atoms with van der Waals surface area (Å²) in [5.74, 6) is -0.387. The minimum atomic E-state index is -1.04. The molecule has 2 N–H and O–H groups in total. The van der Waals surface area contributed by atoms with Gasteiger partial charge in [-0.1, -0.05) is 23.7 Å². The SMILES string of the molecule is C[C@@H](NC(=O)CSCc1ccc(Cl)cc1)C(=O)O. The van der Waals surface area contributed by atoms with E-state index < -0.39 is 12.0 Å². The number of halogens is 1. The summed E-state index contributed by atoms with van der Waals surface area (Å²) in [6, 6.07) is 6.53. The quantitative estimate of drug-likeness (QED) is 0.841. The molecule has 0 saturated heterocycles. The van der Waals surface area contributed by atoms with Crippen LogP contribution in [-0.4, -0.2) is 28.8 Å². The third-order valence-corrected chi connectivity index (χ3v) is 3.42. The van der Waals surface area contributed by atoms with Crippen LogP contribution >= 0.6 is 23.4 Å². The molecule has 4 nitrogen and oxygen atoms in total. The first-order valence-corrected chi connectivity index (χ1v) is 6.86. The molecule has 0 spiro atoms. The molecule has 0 aliphatic rings. The molecule has 1 aromatic rings. The highest BCUT2D eigenvalue weighted by molar-refractivity contribution is 7.99. The number of carboxylic acid groups (broad SMARTS) is 1. The van der Waals surface area contributed by atoms with E-state index in [1.807, 2.05) is 12.1 Å². The first-order chi connectivity index (χ1) is 8.49. The number of thioether (sulfide) groups is 1. The van der Waals surface area contributed by atoms with Crippen molar-refractivity contribution in [3.63, 3.8) is 0 Å². The Bertz CT molecular complexity index is 422. The minimum absolute atomic E-state index is 0.236. The lowest BCUT2D eigenvalue weighted by atomic mass is 10.2. The number of hydrogen-bond donors (Lipinski definition) is 2. The number of amides is 1. The number of carbonyl (C=O) groups is 2. The monoisotopic (exact) mass is 287 g/mol. The van der Waals surface area contributed by atoms with Crippen LogP contribution in [0.2, 0.25) is 5.02 Å². The van der Waals surface area contributed by atoms with Gasteiger partial charge < -0.3 is 10.4 Å². The van der Waals surface area contributed by atoms with Crippen molar-refractivity contribution in [2.75, 3.05) is 5.75 Å². The standard InChI is InChI=1S/C12H14ClNO3S/c1-8(12(16)17)14-11(15)7-18-6-9-2-4-10(13)5-3-9/h2-5,8H,6-7H2,1H3,(H,14,15)(H,16,17)/t8-/m1/s1. The Kier molecular flexibility index (Phi) is 6.01. The summed E-state index contributed by atoms with van der Waals surface area (Å²) >= 11 is 7.18. The van der Waals surface area contributed by atoms with Gasteiger partial charge in [-0.3, -0.25) is 9.59 Å². The lowest BCUT2D eigenvalue weighted by Crippen LogP contribution is -2.39. The predicted molar refractivity (Wildman–Crippen MR) is 72.9 cm³/mol. The second-order valence-corrected chi connectivity index (χ2v) is 5.17. The molecule has 1 rings (SSSR count). The van der Waals surface area contributed by atoms with Crippen LogP contribution in [0.25, 0.3) is 0 Å². The van der Waals surface area contributed by atoms with Crippen LogP contribution in [0.5, 0.6) is 0 Å². The van der Waals surface area contributed by atoms with Crippen molar-refractivity contribution in [3.8, 4) is 0 Å². The topological polar surface area (TPSA) is 66.4 Å². The molecule has 18 heavy (non-hydrogen) atoms. The number of benzene rings is 1. The summed E-state index contributed by atoms with van der Waals surface area (Å²) in [6.07, 6.45) is 0. The molecule has 0 aromatic heterocycles. The molecule has 0 unspecified atom stereocenters. The van der Waals surface area contributed by atoms with Crippen LogP contribution in [0.1, 0.15) is 12.5 Å². The van der Waals surface area contributed by atoms with E-state index in [0.717, 1.165) is 5.56 Å². The fourth-order valence-electron chi connectivity index (χ4n) is 1.19. The van der Waals surface area contributed by atoms with Crippen LogP contribution in [0.15, 0.2) is 24.3 Å². The van der Waals surface area contributed by atoms with Gasteiger partial charge in [-0.25, -0.2) is 0 Å². The van der Waals surface area contributed by atoms with E-state index in [0.29, 0.717) is 10.8 Å². The molecule has 0 bridgehead atoms. The van der Waals surface area contributed by atoms with Crippen molar-refractivity contribution < 1.29 is 14.7 Å². The lowest BCUT2D eigenvalue weighted by molar-refractivity contribution is -0.140. The second-order valence-electron chi connectivity index (χ2n) is 3.75. The Morgan fingerprint density at radius 1 is 1.39 bits per heavy atom. The summed E-state index contributed by atoms with van der Waals surface area (Å²) in [7, 11) is 0. The summed E-state index contributed by atoms with van der Waals surface area (Å²) < 4.78 is 0. The first-order valence-electron chi connectivity index (χ1n) is 5.33. The van der Waals surface area contributed by atoms with Gasteiger partial charge in [0.05, 0.1) is 5.75 Å². The van der Waals surface area contributed by atoms with Gasteiger partial charge in [-0.2, -0.15) is 0 Å². The summed E-state index contributed by atoms with van der Waals surface area (Å²) in [5, 5.41) is 11.7. The molecule has 1 aromatic carbocycles. The lowest BCUT2D eigenvalue weighted by Gasteiger charge is -2.08. The number of hydrogen-bond acceptors (Lipinski definition) is 3. The summed E-state index contributed by atoms with van der Waals surface area (Å²) in [5.41, 5.74) is 1.07. The van der Waals surface area contributed by atoms with Crippen LogP contribution in [0.4, 0.5) is 0 Å². The van der Waals surface area contributed by atoms with Crippen LogP contribution in [0.3, 0.4) is 0 Å². The average molecular weight is 288 g/mol. The van der Waals surface area contributed by atoms with Crippen LogP contribution in [0, 0.1) is 0 Å². The fraction of sp³-hybridized carbons (Fsp3) is 0.333. The van der Waals surface area contributed by atoms with Crippen molar-refractivity contribution >= 4 is 35.2 Å². The smallest absolute Gasteiger partial charge is 0.325 e.